The Bertz CT molecular complexity index is 505. The Balaban J connectivity index is 2.17. The first-order chi connectivity index (χ1) is 8.69. The minimum absolute atomic E-state index is 0.129. The second-order valence-electron chi connectivity index (χ2n) is 4.62. The van der Waals surface area contributed by atoms with Crippen molar-refractivity contribution in [3.63, 3.8) is 0 Å². The van der Waals surface area contributed by atoms with Crippen molar-refractivity contribution in [3.05, 3.63) is 70.2 Å². The maximum absolute atomic E-state index is 9.55. The monoisotopic (exact) mass is 260 g/mol. The standard InChI is InChI=1S/C16H17ClO/c1-12-5-7-14(8-6-12)15(11-18)9-13-3-2-4-16(17)10-13/h2-8,10,15,18H,9,11H2,1H3. The van der Waals surface area contributed by atoms with Crippen LogP contribution in [0.4, 0.5) is 0 Å². The summed E-state index contributed by atoms with van der Waals surface area (Å²) in [5.74, 6) is 0.129. The molecule has 0 fully saturated rings. The lowest BCUT2D eigenvalue weighted by Gasteiger charge is -2.15. The van der Waals surface area contributed by atoms with Gasteiger partial charge in [0, 0.05) is 10.9 Å². The highest BCUT2D eigenvalue weighted by atomic mass is 35.5. The molecule has 1 N–H and O–H groups in total. The normalized spacial score (nSPS) is 12.4. The summed E-state index contributed by atoms with van der Waals surface area (Å²) in [5, 5.41) is 10.3. The van der Waals surface area contributed by atoms with Gasteiger partial charge in [-0.05, 0) is 36.6 Å². The first kappa shape index (κ1) is 13.1. The van der Waals surface area contributed by atoms with Gasteiger partial charge in [0.2, 0.25) is 0 Å². The minimum atomic E-state index is 0.129. The molecule has 2 aromatic carbocycles. The lowest BCUT2D eigenvalue weighted by molar-refractivity contribution is 0.264. The van der Waals surface area contributed by atoms with Crippen LogP contribution in [0.2, 0.25) is 5.02 Å². The Morgan fingerprint density at radius 3 is 2.44 bits per heavy atom. The summed E-state index contributed by atoms with van der Waals surface area (Å²) in [6.45, 7) is 2.21. The first-order valence-electron chi connectivity index (χ1n) is 6.11. The zero-order valence-electron chi connectivity index (χ0n) is 10.4. The van der Waals surface area contributed by atoms with Gasteiger partial charge in [-0.3, -0.25) is 0 Å². The van der Waals surface area contributed by atoms with Gasteiger partial charge in [0.15, 0.2) is 0 Å². The Kier molecular flexibility index (Phi) is 4.40. The van der Waals surface area contributed by atoms with E-state index in [9.17, 15) is 5.11 Å². The van der Waals surface area contributed by atoms with Crippen LogP contribution in [0.25, 0.3) is 0 Å². The number of aliphatic hydroxyl groups is 1. The molecule has 0 aromatic heterocycles. The van der Waals surface area contributed by atoms with Crippen LogP contribution in [-0.2, 0) is 6.42 Å². The molecular weight excluding hydrogens is 244 g/mol. The molecule has 0 amide bonds. The summed E-state index contributed by atoms with van der Waals surface area (Å²) in [5.41, 5.74) is 3.56. The second-order valence-corrected chi connectivity index (χ2v) is 5.06. The number of hydrogen-bond acceptors (Lipinski definition) is 1. The van der Waals surface area contributed by atoms with Crippen LogP contribution in [0.1, 0.15) is 22.6 Å². The third-order valence-corrected chi connectivity index (χ3v) is 3.38. The first-order valence-corrected chi connectivity index (χ1v) is 6.48. The molecule has 0 radical (unpaired) electrons. The number of aryl methyl sites for hydroxylation is 1. The van der Waals surface area contributed by atoms with Crippen molar-refractivity contribution >= 4 is 11.6 Å². The van der Waals surface area contributed by atoms with Crippen molar-refractivity contribution in [2.75, 3.05) is 6.61 Å². The molecule has 1 nitrogen and oxygen atoms in total. The number of hydrogen-bond donors (Lipinski definition) is 1. The summed E-state index contributed by atoms with van der Waals surface area (Å²) in [7, 11) is 0. The van der Waals surface area contributed by atoms with Crippen molar-refractivity contribution in [2.24, 2.45) is 0 Å². The van der Waals surface area contributed by atoms with Gasteiger partial charge in [-0.1, -0.05) is 53.6 Å². The van der Waals surface area contributed by atoms with Gasteiger partial charge < -0.3 is 5.11 Å². The van der Waals surface area contributed by atoms with Gasteiger partial charge in [0.1, 0.15) is 0 Å². The topological polar surface area (TPSA) is 20.2 Å². The molecule has 0 aliphatic carbocycles. The van der Waals surface area contributed by atoms with E-state index in [2.05, 4.69) is 31.2 Å². The van der Waals surface area contributed by atoms with E-state index >= 15 is 0 Å². The Hall–Kier alpha value is -1.31. The van der Waals surface area contributed by atoms with Gasteiger partial charge in [-0.2, -0.15) is 0 Å². The predicted molar refractivity (Wildman–Crippen MR) is 76.2 cm³/mol. The molecule has 0 saturated heterocycles. The molecule has 2 heteroatoms. The Morgan fingerprint density at radius 1 is 1.11 bits per heavy atom. The molecule has 2 rings (SSSR count). The molecule has 0 heterocycles. The molecule has 0 bridgehead atoms. The average molecular weight is 261 g/mol. The minimum Gasteiger partial charge on any atom is -0.396 e. The molecule has 0 aliphatic rings. The van der Waals surface area contributed by atoms with E-state index in [0.717, 1.165) is 17.0 Å². The molecular formula is C16H17ClO. The highest BCUT2D eigenvalue weighted by molar-refractivity contribution is 6.30. The summed E-state index contributed by atoms with van der Waals surface area (Å²) < 4.78 is 0. The number of halogens is 1. The van der Waals surface area contributed by atoms with E-state index in [0.29, 0.717) is 0 Å². The van der Waals surface area contributed by atoms with Crippen LogP contribution in [0.15, 0.2) is 48.5 Å². The van der Waals surface area contributed by atoms with Crippen LogP contribution in [-0.4, -0.2) is 11.7 Å². The van der Waals surface area contributed by atoms with E-state index in [1.807, 2.05) is 24.3 Å². The Labute approximate surface area is 113 Å². The van der Waals surface area contributed by atoms with Crippen LogP contribution < -0.4 is 0 Å². The largest absolute Gasteiger partial charge is 0.396 e. The molecule has 18 heavy (non-hydrogen) atoms. The van der Waals surface area contributed by atoms with E-state index in [4.69, 9.17) is 11.6 Å². The zero-order chi connectivity index (χ0) is 13.0. The van der Waals surface area contributed by atoms with Gasteiger partial charge in [0.05, 0.1) is 6.61 Å². The zero-order valence-corrected chi connectivity index (χ0v) is 11.2. The number of rotatable bonds is 4. The lowest BCUT2D eigenvalue weighted by Crippen LogP contribution is -2.07. The van der Waals surface area contributed by atoms with Gasteiger partial charge in [-0.25, -0.2) is 0 Å². The van der Waals surface area contributed by atoms with Crippen LogP contribution >= 0.6 is 11.6 Å². The third kappa shape index (κ3) is 3.34. The number of aliphatic hydroxyl groups excluding tert-OH is 1. The van der Waals surface area contributed by atoms with Crippen molar-refractivity contribution in [3.8, 4) is 0 Å². The fourth-order valence-electron chi connectivity index (χ4n) is 2.07. The maximum Gasteiger partial charge on any atom is 0.0502 e. The maximum atomic E-state index is 9.55. The highest BCUT2D eigenvalue weighted by Gasteiger charge is 2.11. The fourth-order valence-corrected chi connectivity index (χ4v) is 2.29. The third-order valence-electron chi connectivity index (χ3n) is 3.14. The SMILES string of the molecule is Cc1ccc(C(CO)Cc2cccc(Cl)c2)cc1. The molecule has 1 atom stereocenters. The molecule has 2 aromatic rings. The molecule has 1 unspecified atom stereocenters. The lowest BCUT2D eigenvalue weighted by atomic mass is 9.92. The fraction of sp³-hybridized carbons (Fsp3) is 0.250. The van der Waals surface area contributed by atoms with E-state index in [-0.39, 0.29) is 12.5 Å². The summed E-state index contributed by atoms with van der Waals surface area (Å²) in [6.07, 6.45) is 0.806. The van der Waals surface area contributed by atoms with Crippen LogP contribution in [0, 0.1) is 6.92 Å². The summed E-state index contributed by atoms with van der Waals surface area (Å²) >= 11 is 5.98. The summed E-state index contributed by atoms with van der Waals surface area (Å²) in [6, 6.07) is 16.1. The van der Waals surface area contributed by atoms with E-state index in [1.54, 1.807) is 0 Å². The predicted octanol–water partition coefficient (Wildman–Crippen LogP) is 3.97. The second kappa shape index (κ2) is 6.03. The smallest absolute Gasteiger partial charge is 0.0502 e. The highest BCUT2D eigenvalue weighted by Crippen LogP contribution is 2.22. The molecule has 0 spiro atoms. The Morgan fingerprint density at radius 2 is 1.83 bits per heavy atom. The van der Waals surface area contributed by atoms with E-state index < -0.39 is 0 Å². The average Bonchev–Trinajstić information content (AvgIpc) is 2.37. The summed E-state index contributed by atoms with van der Waals surface area (Å²) in [4.78, 5) is 0. The molecule has 94 valence electrons. The van der Waals surface area contributed by atoms with Gasteiger partial charge in [0.25, 0.3) is 0 Å². The van der Waals surface area contributed by atoms with Gasteiger partial charge in [-0.15, -0.1) is 0 Å². The van der Waals surface area contributed by atoms with Crippen LogP contribution in [0.3, 0.4) is 0 Å². The van der Waals surface area contributed by atoms with Gasteiger partial charge >= 0.3 is 0 Å². The molecule has 0 saturated carbocycles. The van der Waals surface area contributed by atoms with Crippen LogP contribution in [0.5, 0.6) is 0 Å². The quantitative estimate of drug-likeness (QED) is 0.882. The number of benzene rings is 2. The van der Waals surface area contributed by atoms with Crippen molar-refractivity contribution in [1.29, 1.82) is 0 Å². The van der Waals surface area contributed by atoms with Crippen molar-refractivity contribution in [1.82, 2.24) is 0 Å². The van der Waals surface area contributed by atoms with Crippen molar-refractivity contribution in [2.45, 2.75) is 19.3 Å². The van der Waals surface area contributed by atoms with Crippen molar-refractivity contribution < 1.29 is 5.11 Å². The van der Waals surface area contributed by atoms with E-state index in [1.165, 1.54) is 11.1 Å². The molecule has 0 aliphatic heterocycles.